The number of hydrogen-bond acceptors (Lipinski definition) is 2. The number of H-pyrrole nitrogens is 1. The quantitative estimate of drug-likeness (QED) is 0.752. The van der Waals surface area contributed by atoms with E-state index < -0.39 is 0 Å². The van der Waals surface area contributed by atoms with Crippen molar-refractivity contribution in [3.63, 3.8) is 0 Å². The van der Waals surface area contributed by atoms with Crippen LogP contribution in [0, 0.1) is 6.92 Å². The summed E-state index contributed by atoms with van der Waals surface area (Å²) >= 11 is 0. The molecule has 0 aliphatic heterocycles. The van der Waals surface area contributed by atoms with Gasteiger partial charge in [-0.25, -0.2) is 4.98 Å². The first-order valence-corrected chi connectivity index (χ1v) is 6.49. The number of nitrogens with one attached hydrogen (secondary N) is 1. The van der Waals surface area contributed by atoms with Gasteiger partial charge in [0.05, 0.1) is 11.0 Å². The minimum absolute atomic E-state index is 0.520. The Morgan fingerprint density at radius 3 is 2.63 bits per heavy atom. The molecule has 2 aromatic carbocycles. The molecule has 0 bridgehead atoms. The highest BCUT2D eigenvalue weighted by Crippen LogP contribution is 2.18. The minimum atomic E-state index is 0.520. The van der Waals surface area contributed by atoms with Crippen LogP contribution in [0.25, 0.3) is 11.0 Å². The van der Waals surface area contributed by atoms with Gasteiger partial charge < -0.3 is 10.7 Å². The first kappa shape index (κ1) is 11.9. The van der Waals surface area contributed by atoms with Gasteiger partial charge in [0.2, 0.25) is 0 Å². The van der Waals surface area contributed by atoms with Gasteiger partial charge in [0.25, 0.3) is 0 Å². The number of para-hydroxylation sites is 1. The molecule has 0 radical (unpaired) electrons. The molecule has 0 unspecified atom stereocenters. The van der Waals surface area contributed by atoms with Crippen LogP contribution in [-0.4, -0.2) is 9.97 Å². The normalized spacial score (nSPS) is 11.1. The summed E-state index contributed by atoms with van der Waals surface area (Å²) in [6.07, 6.45) is 0.825. The van der Waals surface area contributed by atoms with Crippen LogP contribution in [0.3, 0.4) is 0 Å². The van der Waals surface area contributed by atoms with Crippen LogP contribution in [0.5, 0.6) is 0 Å². The van der Waals surface area contributed by atoms with Crippen molar-refractivity contribution >= 4 is 11.0 Å². The molecule has 0 saturated heterocycles. The number of rotatable bonds is 3. The molecule has 0 spiro atoms. The molecule has 1 aromatic heterocycles. The van der Waals surface area contributed by atoms with Crippen LogP contribution in [0.15, 0.2) is 42.5 Å². The second kappa shape index (κ2) is 4.86. The highest BCUT2D eigenvalue weighted by molar-refractivity contribution is 5.78. The van der Waals surface area contributed by atoms with E-state index in [4.69, 9.17) is 5.73 Å². The van der Waals surface area contributed by atoms with Crippen molar-refractivity contribution in [1.29, 1.82) is 0 Å². The summed E-state index contributed by atoms with van der Waals surface area (Å²) in [5.41, 5.74) is 11.5. The fourth-order valence-electron chi connectivity index (χ4n) is 2.38. The Morgan fingerprint density at radius 1 is 1.05 bits per heavy atom. The van der Waals surface area contributed by atoms with Crippen LogP contribution in [0.2, 0.25) is 0 Å². The van der Waals surface area contributed by atoms with Crippen LogP contribution < -0.4 is 5.73 Å². The first-order valence-electron chi connectivity index (χ1n) is 6.49. The zero-order valence-corrected chi connectivity index (χ0v) is 11.0. The van der Waals surface area contributed by atoms with E-state index in [9.17, 15) is 0 Å². The third kappa shape index (κ3) is 2.25. The van der Waals surface area contributed by atoms with Crippen LogP contribution in [-0.2, 0) is 13.0 Å². The standard InChI is InChI=1S/C16H17N3/c1-11-5-2-3-6-12(11)9-15-18-14-8-4-7-13(10-17)16(14)19-15/h2-8H,9-10,17H2,1H3,(H,18,19). The van der Waals surface area contributed by atoms with Crippen molar-refractivity contribution in [3.05, 3.63) is 65.0 Å². The molecule has 0 fully saturated rings. The number of benzene rings is 2. The molecule has 96 valence electrons. The van der Waals surface area contributed by atoms with Crippen LogP contribution in [0.1, 0.15) is 22.5 Å². The fraction of sp³-hybridized carbons (Fsp3) is 0.188. The Kier molecular flexibility index (Phi) is 3.05. The summed E-state index contributed by atoms with van der Waals surface area (Å²) in [6, 6.07) is 14.5. The summed E-state index contributed by atoms with van der Waals surface area (Å²) in [5.74, 6) is 0.991. The van der Waals surface area contributed by atoms with Gasteiger partial charge in [-0.05, 0) is 29.7 Å². The lowest BCUT2D eigenvalue weighted by atomic mass is 10.1. The minimum Gasteiger partial charge on any atom is -0.342 e. The molecule has 3 rings (SSSR count). The maximum Gasteiger partial charge on any atom is 0.111 e. The van der Waals surface area contributed by atoms with Crippen molar-refractivity contribution in [2.75, 3.05) is 0 Å². The third-order valence-corrected chi connectivity index (χ3v) is 3.48. The van der Waals surface area contributed by atoms with Gasteiger partial charge in [0.1, 0.15) is 5.82 Å². The van der Waals surface area contributed by atoms with Gasteiger partial charge in [-0.15, -0.1) is 0 Å². The van der Waals surface area contributed by atoms with Gasteiger partial charge in [0.15, 0.2) is 0 Å². The van der Waals surface area contributed by atoms with Crippen molar-refractivity contribution in [2.45, 2.75) is 19.9 Å². The van der Waals surface area contributed by atoms with Gasteiger partial charge in [0, 0.05) is 13.0 Å². The number of aromatic amines is 1. The largest absolute Gasteiger partial charge is 0.342 e. The number of fused-ring (bicyclic) bond motifs is 1. The Hall–Kier alpha value is -2.13. The van der Waals surface area contributed by atoms with E-state index in [2.05, 4.69) is 41.2 Å². The van der Waals surface area contributed by atoms with Crippen molar-refractivity contribution in [1.82, 2.24) is 9.97 Å². The van der Waals surface area contributed by atoms with E-state index in [0.717, 1.165) is 28.8 Å². The van der Waals surface area contributed by atoms with Gasteiger partial charge in [-0.1, -0.05) is 36.4 Å². The molecule has 19 heavy (non-hydrogen) atoms. The average molecular weight is 251 g/mol. The SMILES string of the molecule is Cc1ccccc1Cc1nc2c(CN)cccc2[nH]1. The maximum atomic E-state index is 5.75. The smallest absolute Gasteiger partial charge is 0.111 e. The number of nitrogens with zero attached hydrogens (tertiary/aromatic N) is 1. The number of hydrogen-bond donors (Lipinski definition) is 2. The lowest BCUT2D eigenvalue weighted by Crippen LogP contribution is -1.97. The summed E-state index contributed by atoms with van der Waals surface area (Å²) in [4.78, 5) is 8.06. The first-order chi connectivity index (χ1) is 9.28. The highest BCUT2D eigenvalue weighted by Gasteiger charge is 2.07. The molecule has 0 aliphatic rings. The second-order valence-corrected chi connectivity index (χ2v) is 4.80. The number of nitrogens with two attached hydrogens (primary N) is 1. The molecule has 0 saturated carbocycles. The van der Waals surface area contributed by atoms with Crippen LogP contribution in [0.4, 0.5) is 0 Å². The van der Waals surface area contributed by atoms with E-state index >= 15 is 0 Å². The van der Waals surface area contributed by atoms with E-state index in [1.54, 1.807) is 0 Å². The number of aromatic nitrogens is 2. The van der Waals surface area contributed by atoms with Gasteiger partial charge in [-0.3, -0.25) is 0 Å². The third-order valence-electron chi connectivity index (χ3n) is 3.48. The Bertz CT molecular complexity index is 713. The molecule has 0 atom stereocenters. The number of aryl methyl sites for hydroxylation is 1. The zero-order valence-electron chi connectivity index (χ0n) is 11.0. The lowest BCUT2D eigenvalue weighted by molar-refractivity contribution is 1.02. The average Bonchev–Trinajstić information content (AvgIpc) is 2.83. The maximum absolute atomic E-state index is 5.75. The molecule has 0 amide bonds. The molecule has 3 aromatic rings. The predicted octanol–water partition coefficient (Wildman–Crippen LogP) is 2.92. The Morgan fingerprint density at radius 2 is 1.84 bits per heavy atom. The molecule has 1 heterocycles. The van der Waals surface area contributed by atoms with Crippen molar-refractivity contribution in [3.8, 4) is 0 Å². The summed E-state index contributed by atoms with van der Waals surface area (Å²) in [5, 5.41) is 0. The van der Waals surface area contributed by atoms with Gasteiger partial charge >= 0.3 is 0 Å². The van der Waals surface area contributed by atoms with Crippen molar-refractivity contribution in [2.24, 2.45) is 5.73 Å². The summed E-state index contributed by atoms with van der Waals surface area (Å²) in [7, 11) is 0. The van der Waals surface area contributed by atoms with E-state index in [1.807, 2.05) is 18.2 Å². The molecular formula is C16H17N3. The molecular weight excluding hydrogens is 234 g/mol. The van der Waals surface area contributed by atoms with E-state index in [-0.39, 0.29) is 0 Å². The molecule has 0 aliphatic carbocycles. The lowest BCUT2D eigenvalue weighted by Gasteiger charge is -2.02. The predicted molar refractivity (Wildman–Crippen MR) is 78.0 cm³/mol. The monoisotopic (exact) mass is 251 g/mol. The molecule has 3 heteroatoms. The Balaban J connectivity index is 2.00. The summed E-state index contributed by atoms with van der Waals surface area (Å²) < 4.78 is 0. The Labute approximate surface area is 112 Å². The van der Waals surface area contributed by atoms with E-state index in [0.29, 0.717) is 6.54 Å². The highest BCUT2D eigenvalue weighted by atomic mass is 14.9. The molecule has 3 N–H and O–H groups in total. The second-order valence-electron chi connectivity index (χ2n) is 4.80. The van der Waals surface area contributed by atoms with Crippen molar-refractivity contribution < 1.29 is 0 Å². The van der Waals surface area contributed by atoms with Gasteiger partial charge in [-0.2, -0.15) is 0 Å². The van der Waals surface area contributed by atoms with E-state index in [1.165, 1.54) is 11.1 Å². The summed E-state index contributed by atoms with van der Waals surface area (Å²) in [6.45, 7) is 2.65. The van der Waals surface area contributed by atoms with Crippen LogP contribution >= 0.6 is 0 Å². The zero-order chi connectivity index (χ0) is 13.2. The topological polar surface area (TPSA) is 54.7 Å². The fourth-order valence-corrected chi connectivity index (χ4v) is 2.38. The molecule has 3 nitrogen and oxygen atoms in total. The number of imidazole rings is 1.